The van der Waals surface area contributed by atoms with Crippen LogP contribution in [-0.4, -0.2) is 41.8 Å². The zero-order chi connectivity index (χ0) is 17.9. The summed E-state index contributed by atoms with van der Waals surface area (Å²) in [6, 6.07) is 0. The van der Waals surface area contributed by atoms with Gasteiger partial charge in [-0.1, -0.05) is 0 Å². The number of carbonyl (C=O) groups is 2. The van der Waals surface area contributed by atoms with E-state index >= 15 is 0 Å². The first-order chi connectivity index (χ1) is 11.4. The molecule has 2 N–H and O–H groups in total. The van der Waals surface area contributed by atoms with E-state index < -0.39 is 11.9 Å². The number of aromatic nitrogens is 2. The molecule has 0 saturated carbocycles. The highest BCUT2D eigenvalue weighted by molar-refractivity contribution is 7.18. The van der Waals surface area contributed by atoms with Crippen LogP contribution in [0.5, 0.6) is 0 Å². The normalized spacial score (nSPS) is 11.4. The molecule has 9 nitrogen and oxygen atoms in total. The van der Waals surface area contributed by atoms with E-state index in [0.29, 0.717) is 10.2 Å². The predicted molar refractivity (Wildman–Crippen MR) is 89.4 cm³/mol. The summed E-state index contributed by atoms with van der Waals surface area (Å²) in [5, 5.41) is 4.32. The molecule has 0 bridgehead atoms. The van der Waals surface area contributed by atoms with Crippen LogP contribution in [-0.2, 0) is 19.1 Å². The molecule has 0 aliphatic carbocycles. The topological polar surface area (TPSA) is 123 Å². The van der Waals surface area contributed by atoms with Gasteiger partial charge in [-0.3, -0.25) is 14.6 Å². The van der Waals surface area contributed by atoms with Gasteiger partial charge in [0.15, 0.2) is 5.71 Å². The average molecular weight is 352 g/mol. The second-order valence-corrected chi connectivity index (χ2v) is 6.00. The van der Waals surface area contributed by atoms with Crippen LogP contribution in [0.25, 0.3) is 10.2 Å². The number of hydrogen-bond acceptors (Lipinski definition) is 9. The second kappa shape index (κ2) is 7.21. The number of nitrogens with zero attached hydrogens (tertiary/aromatic N) is 2. The first kappa shape index (κ1) is 17.6. The molecular formula is C14H16N4O5S. The van der Waals surface area contributed by atoms with Crippen molar-refractivity contribution in [3.8, 4) is 0 Å². The summed E-state index contributed by atoms with van der Waals surface area (Å²) < 4.78 is 9.04. The highest BCUT2D eigenvalue weighted by Gasteiger charge is 2.18. The Morgan fingerprint density at radius 1 is 1.29 bits per heavy atom. The number of aromatic amines is 1. The molecule has 0 unspecified atom stereocenters. The van der Waals surface area contributed by atoms with E-state index in [1.807, 2.05) is 13.8 Å². The summed E-state index contributed by atoms with van der Waals surface area (Å²) in [4.78, 5) is 43.4. The number of esters is 2. The minimum atomic E-state index is -0.792. The molecule has 2 heterocycles. The molecule has 0 spiro atoms. The Bertz CT molecular complexity index is 883. The number of thiophene rings is 1. The van der Waals surface area contributed by atoms with Crippen molar-refractivity contribution in [1.82, 2.24) is 9.97 Å². The summed E-state index contributed by atoms with van der Waals surface area (Å²) in [7, 11) is 2.36. The summed E-state index contributed by atoms with van der Waals surface area (Å²) >= 11 is 1.38. The molecule has 0 aliphatic rings. The number of methoxy groups -OCH3 is 2. The lowest BCUT2D eigenvalue weighted by atomic mass is 10.2. The fourth-order valence-electron chi connectivity index (χ4n) is 1.91. The van der Waals surface area contributed by atoms with E-state index in [-0.39, 0.29) is 23.6 Å². The number of fused-ring (bicyclic) bond motifs is 1. The van der Waals surface area contributed by atoms with Gasteiger partial charge in [0, 0.05) is 4.88 Å². The number of ether oxygens (including phenoxy) is 2. The van der Waals surface area contributed by atoms with Gasteiger partial charge in [0.25, 0.3) is 5.56 Å². The van der Waals surface area contributed by atoms with Gasteiger partial charge in [-0.2, -0.15) is 5.10 Å². The SMILES string of the molecule is COC(=O)C/C(=N/Nc1nc2sc(C)c(C)c2c(=O)[nH]1)C(=O)OC. The van der Waals surface area contributed by atoms with E-state index in [9.17, 15) is 14.4 Å². The fourth-order valence-corrected chi connectivity index (χ4v) is 2.94. The Kier molecular flexibility index (Phi) is 5.29. The van der Waals surface area contributed by atoms with E-state index in [1.165, 1.54) is 25.6 Å². The van der Waals surface area contributed by atoms with E-state index in [0.717, 1.165) is 10.4 Å². The largest absolute Gasteiger partial charge is 0.469 e. The minimum absolute atomic E-state index is 0.0556. The van der Waals surface area contributed by atoms with Crippen LogP contribution in [0, 0.1) is 13.8 Å². The number of rotatable bonds is 5. The van der Waals surface area contributed by atoms with Crippen molar-refractivity contribution in [3.63, 3.8) is 0 Å². The number of H-pyrrole nitrogens is 1. The molecule has 0 amide bonds. The quantitative estimate of drug-likeness (QED) is 0.469. The van der Waals surface area contributed by atoms with Crippen molar-refractivity contribution in [1.29, 1.82) is 0 Å². The van der Waals surface area contributed by atoms with E-state index in [1.54, 1.807) is 0 Å². The zero-order valence-electron chi connectivity index (χ0n) is 13.6. The molecule has 2 aromatic rings. The molecule has 0 radical (unpaired) electrons. The Morgan fingerprint density at radius 3 is 2.62 bits per heavy atom. The highest BCUT2D eigenvalue weighted by atomic mass is 32.1. The predicted octanol–water partition coefficient (Wildman–Crippen LogP) is 1.11. The van der Waals surface area contributed by atoms with Gasteiger partial charge in [-0.05, 0) is 19.4 Å². The first-order valence-electron chi connectivity index (χ1n) is 6.85. The monoisotopic (exact) mass is 352 g/mol. The molecular weight excluding hydrogens is 336 g/mol. The average Bonchev–Trinajstić information content (AvgIpc) is 2.85. The zero-order valence-corrected chi connectivity index (χ0v) is 14.4. The van der Waals surface area contributed by atoms with Crippen LogP contribution >= 0.6 is 11.3 Å². The molecule has 0 aliphatic heterocycles. The van der Waals surface area contributed by atoms with Gasteiger partial charge in [0.05, 0.1) is 26.0 Å². The van der Waals surface area contributed by atoms with Crippen LogP contribution < -0.4 is 11.0 Å². The molecule has 0 aromatic carbocycles. The van der Waals surface area contributed by atoms with Crippen molar-refractivity contribution in [3.05, 3.63) is 20.8 Å². The number of hydrogen-bond donors (Lipinski definition) is 2. The van der Waals surface area contributed by atoms with Gasteiger partial charge in [0.1, 0.15) is 4.83 Å². The second-order valence-electron chi connectivity index (χ2n) is 4.79. The lowest BCUT2D eigenvalue weighted by molar-refractivity contribution is -0.140. The summed E-state index contributed by atoms with van der Waals surface area (Å²) in [5.41, 5.74) is 2.83. The van der Waals surface area contributed by atoms with Crippen molar-refractivity contribution in [2.45, 2.75) is 20.3 Å². The van der Waals surface area contributed by atoms with Crippen LogP contribution in [0.1, 0.15) is 16.9 Å². The Balaban J connectivity index is 2.34. The standard InChI is InChI=1S/C14H16N4O5S/c1-6-7(2)24-12-10(6)11(20)15-14(16-12)18-17-8(13(21)23-4)5-9(19)22-3/h5H2,1-4H3,(H2,15,16,18,20)/b17-8-. The Hall–Kier alpha value is -2.75. The smallest absolute Gasteiger partial charge is 0.354 e. The number of hydrazone groups is 1. The molecule has 24 heavy (non-hydrogen) atoms. The number of nitrogens with one attached hydrogen (secondary N) is 2. The van der Waals surface area contributed by atoms with Crippen molar-refractivity contribution in [2.24, 2.45) is 5.10 Å². The molecule has 0 atom stereocenters. The number of carbonyl (C=O) groups excluding carboxylic acids is 2. The number of aryl methyl sites for hydroxylation is 2. The minimum Gasteiger partial charge on any atom is -0.469 e. The maximum atomic E-state index is 12.1. The van der Waals surface area contributed by atoms with Crippen LogP contribution in [0.2, 0.25) is 0 Å². The molecule has 10 heteroatoms. The highest BCUT2D eigenvalue weighted by Crippen LogP contribution is 2.26. The Morgan fingerprint density at radius 2 is 2.00 bits per heavy atom. The van der Waals surface area contributed by atoms with E-state index in [4.69, 9.17) is 0 Å². The van der Waals surface area contributed by atoms with Gasteiger partial charge in [-0.15, -0.1) is 11.3 Å². The van der Waals surface area contributed by atoms with Crippen LogP contribution in [0.3, 0.4) is 0 Å². The Labute approximate surface area is 140 Å². The fraction of sp³-hybridized carbons (Fsp3) is 0.357. The molecule has 128 valence electrons. The molecule has 0 saturated heterocycles. The summed E-state index contributed by atoms with van der Waals surface area (Å²) in [6.45, 7) is 3.75. The van der Waals surface area contributed by atoms with Crippen LogP contribution in [0.4, 0.5) is 5.95 Å². The molecule has 0 fully saturated rings. The molecule has 2 rings (SSSR count). The van der Waals surface area contributed by atoms with E-state index in [2.05, 4.69) is 30.0 Å². The van der Waals surface area contributed by atoms with Gasteiger partial charge in [0.2, 0.25) is 5.95 Å². The van der Waals surface area contributed by atoms with Gasteiger partial charge >= 0.3 is 11.9 Å². The third-order valence-electron chi connectivity index (χ3n) is 3.30. The van der Waals surface area contributed by atoms with Crippen molar-refractivity contribution in [2.75, 3.05) is 19.6 Å². The van der Waals surface area contributed by atoms with Crippen molar-refractivity contribution >= 4 is 45.2 Å². The summed E-state index contributed by atoms with van der Waals surface area (Å²) in [5.74, 6) is -1.39. The molecule has 2 aromatic heterocycles. The third kappa shape index (κ3) is 3.59. The van der Waals surface area contributed by atoms with Crippen molar-refractivity contribution < 1.29 is 19.1 Å². The lowest BCUT2D eigenvalue weighted by Crippen LogP contribution is -2.22. The van der Waals surface area contributed by atoms with Gasteiger partial charge in [-0.25, -0.2) is 15.2 Å². The van der Waals surface area contributed by atoms with Gasteiger partial charge < -0.3 is 9.47 Å². The number of anilines is 1. The maximum absolute atomic E-state index is 12.1. The van der Waals surface area contributed by atoms with Crippen LogP contribution in [0.15, 0.2) is 9.90 Å². The first-order valence-corrected chi connectivity index (χ1v) is 7.66. The third-order valence-corrected chi connectivity index (χ3v) is 4.40. The lowest BCUT2D eigenvalue weighted by Gasteiger charge is -2.04. The maximum Gasteiger partial charge on any atom is 0.354 e. The summed E-state index contributed by atoms with van der Waals surface area (Å²) in [6.07, 6.45) is -0.375.